The van der Waals surface area contributed by atoms with Crippen molar-refractivity contribution in [2.24, 2.45) is 10.7 Å². The van der Waals surface area contributed by atoms with E-state index in [1.165, 1.54) is 0 Å². The van der Waals surface area contributed by atoms with Crippen LogP contribution in [0.2, 0.25) is 0 Å². The summed E-state index contributed by atoms with van der Waals surface area (Å²) in [6.45, 7) is 4.43. The summed E-state index contributed by atoms with van der Waals surface area (Å²) >= 11 is 0. The molecule has 1 rings (SSSR count). The van der Waals surface area contributed by atoms with E-state index in [4.69, 9.17) is 5.73 Å². The zero-order valence-electron chi connectivity index (χ0n) is 9.66. The third-order valence-electron chi connectivity index (χ3n) is 2.45. The fraction of sp³-hybridized carbons (Fsp3) is 0.800. The average Bonchev–Trinajstić information content (AvgIpc) is 2.98. The van der Waals surface area contributed by atoms with Crippen molar-refractivity contribution in [1.29, 1.82) is 0 Å². The molecular formula is C10H20N4O. The largest absolute Gasteiger partial charge is 0.370 e. The Balaban J connectivity index is 2.39. The van der Waals surface area contributed by atoms with Gasteiger partial charge in [0.25, 0.3) is 0 Å². The molecule has 0 aromatic heterocycles. The highest BCUT2D eigenvalue weighted by molar-refractivity contribution is 5.87. The van der Waals surface area contributed by atoms with E-state index in [0.29, 0.717) is 18.5 Å². The SMILES string of the molecule is CCN(C)C(=O)C(C)NC(N)=NC1CC1. The lowest BCUT2D eigenvalue weighted by Gasteiger charge is -2.20. The van der Waals surface area contributed by atoms with Gasteiger partial charge in [-0.2, -0.15) is 0 Å². The molecule has 0 spiro atoms. The Labute approximate surface area is 90.7 Å². The molecule has 1 saturated carbocycles. The second-order valence-corrected chi connectivity index (χ2v) is 3.96. The van der Waals surface area contributed by atoms with Crippen LogP contribution in [0.15, 0.2) is 4.99 Å². The summed E-state index contributed by atoms with van der Waals surface area (Å²) in [5.74, 6) is 0.411. The molecule has 15 heavy (non-hydrogen) atoms. The van der Waals surface area contributed by atoms with Gasteiger partial charge in [0.05, 0.1) is 6.04 Å². The topological polar surface area (TPSA) is 70.7 Å². The molecule has 1 atom stereocenters. The lowest BCUT2D eigenvalue weighted by molar-refractivity contribution is -0.131. The highest BCUT2D eigenvalue weighted by Crippen LogP contribution is 2.22. The van der Waals surface area contributed by atoms with Crippen molar-refractivity contribution >= 4 is 11.9 Å². The van der Waals surface area contributed by atoms with E-state index < -0.39 is 0 Å². The molecule has 0 radical (unpaired) electrons. The number of amides is 1. The molecule has 5 heteroatoms. The van der Waals surface area contributed by atoms with Gasteiger partial charge >= 0.3 is 0 Å². The van der Waals surface area contributed by atoms with Crippen molar-refractivity contribution < 1.29 is 4.79 Å². The minimum atomic E-state index is -0.308. The molecule has 0 heterocycles. The number of carbonyl (C=O) groups excluding carboxylic acids is 1. The van der Waals surface area contributed by atoms with Crippen molar-refractivity contribution in [3.05, 3.63) is 0 Å². The average molecular weight is 212 g/mol. The van der Waals surface area contributed by atoms with Crippen molar-refractivity contribution in [3.8, 4) is 0 Å². The fourth-order valence-electron chi connectivity index (χ4n) is 1.21. The molecular weight excluding hydrogens is 192 g/mol. The summed E-state index contributed by atoms with van der Waals surface area (Å²) in [5, 5.41) is 2.90. The fourth-order valence-corrected chi connectivity index (χ4v) is 1.21. The van der Waals surface area contributed by atoms with Crippen molar-refractivity contribution in [3.63, 3.8) is 0 Å². The summed E-state index contributed by atoms with van der Waals surface area (Å²) in [7, 11) is 1.77. The van der Waals surface area contributed by atoms with Gasteiger partial charge in [0.2, 0.25) is 5.91 Å². The predicted octanol–water partition coefficient (Wildman–Crippen LogP) is -0.0801. The molecule has 5 nitrogen and oxygen atoms in total. The minimum Gasteiger partial charge on any atom is -0.370 e. The maximum absolute atomic E-state index is 11.7. The third-order valence-corrected chi connectivity index (χ3v) is 2.45. The lowest BCUT2D eigenvalue weighted by atomic mass is 10.3. The van der Waals surface area contributed by atoms with Crippen molar-refractivity contribution in [2.75, 3.05) is 13.6 Å². The highest BCUT2D eigenvalue weighted by atomic mass is 16.2. The highest BCUT2D eigenvalue weighted by Gasteiger charge is 2.22. The normalized spacial score (nSPS) is 18.5. The number of hydrogen-bond acceptors (Lipinski definition) is 2. The van der Waals surface area contributed by atoms with Gasteiger partial charge in [-0.15, -0.1) is 0 Å². The summed E-state index contributed by atoms with van der Waals surface area (Å²) in [4.78, 5) is 17.5. The van der Waals surface area contributed by atoms with Gasteiger partial charge in [-0.05, 0) is 26.7 Å². The van der Waals surface area contributed by atoms with E-state index >= 15 is 0 Å². The van der Waals surface area contributed by atoms with Gasteiger partial charge in [-0.1, -0.05) is 0 Å². The molecule has 3 N–H and O–H groups in total. The van der Waals surface area contributed by atoms with Crippen LogP contribution in [0.5, 0.6) is 0 Å². The van der Waals surface area contributed by atoms with Crippen molar-refractivity contribution in [2.45, 2.75) is 38.8 Å². The van der Waals surface area contributed by atoms with Gasteiger partial charge in [0.15, 0.2) is 5.96 Å². The van der Waals surface area contributed by atoms with Gasteiger partial charge in [-0.25, -0.2) is 0 Å². The van der Waals surface area contributed by atoms with Crippen LogP contribution in [0.4, 0.5) is 0 Å². The van der Waals surface area contributed by atoms with E-state index in [1.54, 1.807) is 18.9 Å². The number of nitrogens with one attached hydrogen (secondary N) is 1. The Bertz CT molecular complexity index is 260. The van der Waals surface area contributed by atoms with E-state index in [-0.39, 0.29) is 11.9 Å². The number of carbonyl (C=O) groups is 1. The zero-order chi connectivity index (χ0) is 11.4. The van der Waals surface area contributed by atoms with Crippen LogP contribution >= 0.6 is 0 Å². The van der Waals surface area contributed by atoms with E-state index in [1.807, 2.05) is 6.92 Å². The molecule has 1 fully saturated rings. The Morgan fingerprint density at radius 3 is 2.73 bits per heavy atom. The van der Waals surface area contributed by atoms with Gasteiger partial charge in [0, 0.05) is 13.6 Å². The summed E-state index contributed by atoms with van der Waals surface area (Å²) < 4.78 is 0. The van der Waals surface area contributed by atoms with Crippen LogP contribution in [0.1, 0.15) is 26.7 Å². The van der Waals surface area contributed by atoms with Crippen molar-refractivity contribution in [1.82, 2.24) is 10.2 Å². The molecule has 0 saturated heterocycles. The molecule has 1 amide bonds. The molecule has 1 aliphatic carbocycles. The Morgan fingerprint density at radius 1 is 1.67 bits per heavy atom. The molecule has 0 aliphatic heterocycles. The van der Waals surface area contributed by atoms with Crippen LogP contribution in [0.3, 0.4) is 0 Å². The van der Waals surface area contributed by atoms with Crippen LogP contribution in [0.25, 0.3) is 0 Å². The molecule has 0 aromatic rings. The number of rotatable bonds is 4. The molecule has 86 valence electrons. The first-order chi connectivity index (χ1) is 7.04. The van der Waals surface area contributed by atoms with Crippen LogP contribution in [0, 0.1) is 0 Å². The number of likely N-dealkylation sites (N-methyl/N-ethyl adjacent to an activating group) is 1. The monoisotopic (exact) mass is 212 g/mol. The third kappa shape index (κ3) is 3.77. The first-order valence-electron chi connectivity index (χ1n) is 5.39. The summed E-state index contributed by atoms with van der Waals surface area (Å²) in [6, 6.07) is 0.0705. The first-order valence-corrected chi connectivity index (χ1v) is 5.39. The van der Waals surface area contributed by atoms with E-state index in [9.17, 15) is 4.79 Å². The van der Waals surface area contributed by atoms with E-state index in [2.05, 4.69) is 10.3 Å². The lowest BCUT2D eigenvalue weighted by Crippen LogP contribution is -2.48. The number of nitrogens with zero attached hydrogens (tertiary/aromatic N) is 2. The number of aliphatic imine (C=N–C) groups is 1. The molecule has 0 bridgehead atoms. The van der Waals surface area contributed by atoms with Gasteiger partial charge < -0.3 is 16.0 Å². The maximum Gasteiger partial charge on any atom is 0.244 e. The first kappa shape index (κ1) is 11.8. The predicted molar refractivity (Wildman–Crippen MR) is 60.6 cm³/mol. The number of nitrogens with two attached hydrogens (primary N) is 1. The molecule has 1 unspecified atom stereocenters. The second-order valence-electron chi connectivity index (χ2n) is 3.96. The van der Waals surface area contributed by atoms with Crippen LogP contribution in [-0.4, -0.2) is 42.4 Å². The number of guanidine groups is 1. The Kier molecular flexibility index (Phi) is 3.94. The van der Waals surface area contributed by atoms with E-state index in [0.717, 1.165) is 12.8 Å². The quantitative estimate of drug-likeness (QED) is 0.506. The minimum absolute atomic E-state index is 0.0337. The zero-order valence-corrected chi connectivity index (χ0v) is 9.66. The maximum atomic E-state index is 11.7. The van der Waals surface area contributed by atoms with Crippen LogP contribution < -0.4 is 11.1 Å². The smallest absolute Gasteiger partial charge is 0.244 e. The van der Waals surface area contributed by atoms with Crippen LogP contribution in [-0.2, 0) is 4.79 Å². The standard InChI is InChI=1S/C10H20N4O/c1-4-14(3)9(15)7(2)12-10(11)13-8-5-6-8/h7-8H,4-6H2,1-3H3,(H3,11,12,13). The Hall–Kier alpha value is -1.26. The Morgan fingerprint density at radius 2 is 2.27 bits per heavy atom. The van der Waals surface area contributed by atoms with Gasteiger partial charge in [0.1, 0.15) is 6.04 Å². The molecule has 0 aromatic carbocycles. The van der Waals surface area contributed by atoms with Gasteiger partial charge in [-0.3, -0.25) is 9.79 Å². The second kappa shape index (κ2) is 5.00. The summed E-state index contributed by atoms with van der Waals surface area (Å²) in [6.07, 6.45) is 2.22. The number of hydrogen-bond donors (Lipinski definition) is 2. The summed E-state index contributed by atoms with van der Waals surface area (Å²) in [5.41, 5.74) is 5.66. The molecule has 1 aliphatic rings.